The molecule has 2 rings (SSSR count). The fourth-order valence-corrected chi connectivity index (χ4v) is 3.08. The van der Waals surface area contributed by atoms with Crippen molar-refractivity contribution in [2.24, 2.45) is 0 Å². The van der Waals surface area contributed by atoms with Crippen LogP contribution in [0.3, 0.4) is 0 Å². The van der Waals surface area contributed by atoms with Crippen molar-refractivity contribution in [1.29, 1.82) is 5.26 Å². The zero-order chi connectivity index (χ0) is 19.6. The normalized spacial score (nSPS) is 17.7. The van der Waals surface area contributed by atoms with Crippen LogP contribution in [0.25, 0.3) is 0 Å². The van der Waals surface area contributed by atoms with Gasteiger partial charge in [-0.25, -0.2) is 4.79 Å². The van der Waals surface area contributed by atoms with Gasteiger partial charge in [0.1, 0.15) is 11.6 Å². The maximum Gasteiger partial charge on any atom is 0.409 e. The van der Waals surface area contributed by atoms with E-state index in [-0.39, 0.29) is 17.6 Å². The first-order valence-electron chi connectivity index (χ1n) is 9.38. The Morgan fingerprint density at radius 1 is 1.26 bits per heavy atom. The molecular formula is C18H27N5O4. The number of hydrogen-bond donors (Lipinski definition) is 1. The van der Waals surface area contributed by atoms with Gasteiger partial charge in [0.15, 0.2) is 0 Å². The number of amides is 3. The summed E-state index contributed by atoms with van der Waals surface area (Å²) in [6.45, 7) is 5.97. The highest BCUT2D eigenvalue weighted by Gasteiger charge is 2.22. The molecule has 0 radical (unpaired) electrons. The van der Waals surface area contributed by atoms with Gasteiger partial charge in [-0.1, -0.05) is 0 Å². The Balaban J connectivity index is 1.73. The van der Waals surface area contributed by atoms with Crippen molar-refractivity contribution in [3.05, 3.63) is 11.8 Å². The van der Waals surface area contributed by atoms with Gasteiger partial charge in [0, 0.05) is 58.4 Å². The molecule has 3 amide bonds. The van der Waals surface area contributed by atoms with Gasteiger partial charge >= 0.3 is 6.09 Å². The third kappa shape index (κ3) is 6.16. The molecule has 27 heavy (non-hydrogen) atoms. The molecule has 2 fully saturated rings. The number of hydrogen-bond acceptors (Lipinski definition) is 6. The number of likely N-dealkylation sites (tertiary alicyclic amines) is 1. The third-order valence-corrected chi connectivity index (χ3v) is 4.58. The van der Waals surface area contributed by atoms with E-state index in [1.807, 2.05) is 11.0 Å². The molecule has 148 valence electrons. The highest BCUT2D eigenvalue weighted by atomic mass is 16.6. The third-order valence-electron chi connectivity index (χ3n) is 4.58. The Kier molecular flexibility index (Phi) is 7.92. The van der Waals surface area contributed by atoms with E-state index in [1.165, 1.54) is 0 Å². The van der Waals surface area contributed by atoms with Crippen LogP contribution in [0.5, 0.6) is 0 Å². The highest BCUT2D eigenvalue weighted by molar-refractivity contribution is 5.97. The molecule has 0 aromatic rings. The van der Waals surface area contributed by atoms with E-state index < -0.39 is 5.91 Å². The molecule has 0 spiro atoms. The maximum atomic E-state index is 12.2. The minimum atomic E-state index is -0.418. The van der Waals surface area contributed by atoms with E-state index in [4.69, 9.17) is 4.74 Å². The van der Waals surface area contributed by atoms with Crippen LogP contribution < -0.4 is 5.32 Å². The van der Waals surface area contributed by atoms with Crippen LogP contribution in [0.1, 0.15) is 26.2 Å². The summed E-state index contributed by atoms with van der Waals surface area (Å²) < 4.78 is 4.97. The summed E-state index contributed by atoms with van der Waals surface area (Å²) in [7, 11) is 0. The zero-order valence-electron chi connectivity index (χ0n) is 15.8. The van der Waals surface area contributed by atoms with Crippen LogP contribution in [0.15, 0.2) is 11.8 Å². The summed E-state index contributed by atoms with van der Waals surface area (Å²) in [4.78, 5) is 40.7. The van der Waals surface area contributed by atoms with Gasteiger partial charge < -0.3 is 24.8 Å². The Bertz CT molecular complexity index is 620. The predicted octanol–water partition coefficient (Wildman–Crippen LogP) is 0.297. The van der Waals surface area contributed by atoms with E-state index in [0.29, 0.717) is 58.7 Å². The fourth-order valence-electron chi connectivity index (χ4n) is 3.08. The first-order valence-corrected chi connectivity index (χ1v) is 9.38. The molecular weight excluding hydrogens is 350 g/mol. The quantitative estimate of drug-likeness (QED) is 0.388. The van der Waals surface area contributed by atoms with Crippen molar-refractivity contribution in [3.8, 4) is 6.07 Å². The molecule has 2 aliphatic heterocycles. The number of nitrogens with zero attached hydrogens (tertiary/aromatic N) is 4. The highest BCUT2D eigenvalue weighted by Crippen LogP contribution is 2.09. The van der Waals surface area contributed by atoms with E-state index >= 15 is 0 Å². The molecule has 0 atom stereocenters. The van der Waals surface area contributed by atoms with Crippen molar-refractivity contribution in [2.45, 2.75) is 26.2 Å². The van der Waals surface area contributed by atoms with Gasteiger partial charge in [-0.05, 0) is 19.8 Å². The molecule has 1 N–H and O–H groups in total. The van der Waals surface area contributed by atoms with Crippen LogP contribution >= 0.6 is 0 Å². The molecule has 2 aliphatic rings. The Morgan fingerprint density at radius 2 is 2.00 bits per heavy atom. The maximum absolute atomic E-state index is 12.2. The SMILES string of the molecule is CCOC(=O)N1CCN(/C=C(/C#N)C(=O)NCCCN2CCCC2=O)CC1. The predicted molar refractivity (Wildman–Crippen MR) is 97.3 cm³/mol. The lowest BCUT2D eigenvalue weighted by Crippen LogP contribution is -2.47. The number of nitriles is 1. The van der Waals surface area contributed by atoms with Gasteiger partial charge in [-0.2, -0.15) is 5.26 Å². The molecule has 2 saturated heterocycles. The van der Waals surface area contributed by atoms with Crippen LogP contribution in [0, 0.1) is 11.3 Å². The van der Waals surface area contributed by atoms with Crippen molar-refractivity contribution < 1.29 is 19.1 Å². The summed E-state index contributed by atoms with van der Waals surface area (Å²) in [5, 5.41) is 12.0. The van der Waals surface area contributed by atoms with Gasteiger partial charge in [-0.3, -0.25) is 9.59 Å². The molecule has 9 nitrogen and oxygen atoms in total. The minimum absolute atomic E-state index is 0.0387. The minimum Gasteiger partial charge on any atom is -0.450 e. The number of rotatable bonds is 7. The second-order valence-corrected chi connectivity index (χ2v) is 6.47. The summed E-state index contributed by atoms with van der Waals surface area (Å²) in [6, 6.07) is 1.93. The number of ether oxygens (including phenoxy) is 1. The lowest BCUT2D eigenvalue weighted by molar-refractivity contribution is -0.127. The largest absolute Gasteiger partial charge is 0.450 e. The number of piperazine rings is 1. The second kappa shape index (κ2) is 10.4. The molecule has 0 aliphatic carbocycles. The Labute approximate surface area is 159 Å². The van der Waals surface area contributed by atoms with E-state index in [0.717, 1.165) is 13.0 Å². The zero-order valence-corrected chi connectivity index (χ0v) is 15.8. The molecule has 0 aromatic carbocycles. The van der Waals surface area contributed by atoms with Gasteiger partial charge in [0.2, 0.25) is 5.91 Å². The Morgan fingerprint density at radius 3 is 2.59 bits per heavy atom. The summed E-state index contributed by atoms with van der Waals surface area (Å²) in [5.74, 6) is -0.251. The average molecular weight is 377 g/mol. The topological polar surface area (TPSA) is 106 Å². The first-order chi connectivity index (χ1) is 13.0. The lowest BCUT2D eigenvalue weighted by Gasteiger charge is -2.33. The van der Waals surface area contributed by atoms with E-state index in [1.54, 1.807) is 22.9 Å². The average Bonchev–Trinajstić information content (AvgIpc) is 3.08. The molecule has 9 heteroatoms. The van der Waals surface area contributed by atoms with Crippen molar-refractivity contribution in [2.75, 3.05) is 52.4 Å². The molecule has 0 bridgehead atoms. The summed E-state index contributed by atoms with van der Waals surface area (Å²) in [5.41, 5.74) is 0.0387. The standard InChI is InChI=1S/C18H27N5O4/c1-2-27-18(26)23-11-9-21(10-12-23)14-15(13-19)17(25)20-6-4-8-22-7-3-5-16(22)24/h14H,2-12H2,1H3,(H,20,25)/b15-14-. The number of carbonyl (C=O) groups is 3. The van der Waals surface area contributed by atoms with Crippen molar-refractivity contribution in [1.82, 2.24) is 20.0 Å². The monoisotopic (exact) mass is 377 g/mol. The van der Waals surface area contributed by atoms with E-state index in [2.05, 4.69) is 5.32 Å². The van der Waals surface area contributed by atoms with Crippen molar-refractivity contribution in [3.63, 3.8) is 0 Å². The van der Waals surface area contributed by atoms with Crippen LogP contribution in [0.4, 0.5) is 4.79 Å². The lowest BCUT2D eigenvalue weighted by atomic mass is 10.2. The molecule has 0 unspecified atom stereocenters. The van der Waals surface area contributed by atoms with Crippen LogP contribution in [-0.4, -0.2) is 85.0 Å². The summed E-state index contributed by atoms with van der Waals surface area (Å²) in [6.07, 6.45) is 3.37. The van der Waals surface area contributed by atoms with Gasteiger partial charge in [-0.15, -0.1) is 0 Å². The first kappa shape index (κ1) is 20.6. The van der Waals surface area contributed by atoms with Crippen LogP contribution in [-0.2, 0) is 14.3 Å². The van der Waals surface area contributed by atoms with Crippen molar-refractivity contribution >= 4 is 17.9 Å². The van der Waals surface area contributed by atoms with Crippen LogP contribution in [0.2, 0.25) is 0 Å². The van der Waals surface area contributed by atoms with E-state index in [9.17, 15) is 19.6 Å². The smallest absolute Gasteiger partial charge is 0.409 e. The van der Waals surface area contributed by atoms with Gasteiger partial charge in [0.05, 0.1) is 6.61 Å². The molecule has 0 aromatic heterocycles. The fraction of sp³-hybridized carbons (Fsp3) is 0.667. The Hall–Kier alpha value is -2.76. The number of carbonyl (C=O) groups excluding carboxylic acids is 3. The summed E-state index contributed by atoms with van der Waals surface area (Å²) >= 11 is 0. The molecule has 0 saturated carbocycles. The molecule has 2 heterocycles. The van der Waals surface area contributed by atoms with Gasteiger partial charge in [0.25, 0.3) is 5.91 Å². The number of nitrogens with one attached hydrogen (secondary N) is 1. The second-order valence-electron chi connectivity index (χ2n) is 6.47.